The first-order valence-electron chi connectivity index (χ1n) is 11.7. The summed E-state index contributed by atoms with van der Waals surface area (Å²) in [6.07, 6.45) is 16.4. The Balaban J connectivity index is 1.40. The highest BCUT2D eigenvalue weighted by Gasteiger charge is 2.58. The molecule has 3 nitrogen and oxygen atoms in total. The molecule has 29 heavy (non-hydrogen) atoms. The molecular weight excluding hydrogens is 358 g/mol. The zero-order valence-electron chi connectivity index (χ0n) is 18.2. The third-order valence-electron chi connectivity index (χ3n) is 9.50. The second-order valence-electron chi connectivity index (χ2n) is 10.7. The van der Waals surface area contributed by atoms with E-state index >= 15 is 0 Å². The summed E-state index contributed by atoms with van der Waals surface area (Å²) in [5, 5.41) is 0. The maximum atomic E-state index is 11.4. The number of aromatic nitrogens is 1. The number of carbonyl (C=O) groups excluding carboxylic acids is 1. The van der Waals surface area contributed by atoms with Crippen LogP contribution in [0.2, 0.25) is 0 Å². The molecule has 1 aromatic heterocycles. The van der Waals surface area contributed by atoms with Crippen molar-refractivity contribution in [3.8, 4) is 0 Å². The fourth-order valence-electron chi connectivity index (χ4n) is 8.11. The van der Waals surface area contributed by atoms with Crippen molar-refractivity contribution >= 4 is 5.97 Å². The number of esters is 1. The number of hydrogen-bond donors (Lipinski definition) is 0. The first-order chi connectivity index (χ1) is 13.9. The average molecular weight is 394 g/mol. The molecular formula is C26H35NO2. The quantitative estimate of drug-likeness (QED) is 0.453. The van der Waals surface area contributed by atoms with Crippen LogP contribution in [0.1, 0.15) is 83.6 Å². The average Bonchev–Trinajstić information content (AvgIpc) is 3.06. The Labute approximate surface area is 175 Å². The molecule has 0 unspecified atom stereocenters. The third kappa shape index (κ3) is 2.99. The molecule has 0 N–H and O–H groups in total. The van der Waals surface area contributed by atoms with Gasteiger partial charge in [0.05, 0.1) is 0 Å². The van der Waals surface area contributed by atoms with E-state index in [0.717, 1.165) is 30.6 Å². The second-order valence-corrected chi connectivity index (χ2v) is 10.7. The van der Waals surface area contributed by atoms with Crippen LogP contribution in [-0.4, -0.2) is 17.1 Å². The highest BCUT2D eigenvalue weighted by atomic mass is 16.5. The van der Waals surface area contributed by atoms with Gasteiger partial charge in [0.2, 0.25) is 0 Å². The molecule has 0 radical (unpaired) electrons. The van der Waals surface area contributed by atoms with Crippen molar-refractivity contribution in [2.45, 2.75) is 84.2 Å². The molecule has 0 aromatic carbocycles. The Morgan fingerprint density at radius 2 is 1.86 bits per heavy atom. The second kappa shape index (κ2) is 6.96. The van der Waals surface area contributed by atoms with Crippen molar-refractivity contribution < 1.29 is 9.53 Å². The molecule has 4 aliphatic rings. The van der Waals surface area contributed by atoms with Crippen LogP contribution in [-0.2, 0) is 9.53 Å². The lowest BCUT2D eigenvalue weighted by atomic mass is 9.47. The van der Waals surface area contributed by atoms with Crippen LogP contribution in [0.3, 0.4) is 0 Å². The highest BCUT2D eigenvalue weighted by molar-refractivity contribution is 5.66. The zero-order chi connectivity index (χ0) is 20.2. The van der Waals surface area contributed by atoms with E-state index in [0.29, 0.717) is 16.7 Å². The normalized spacial score (nSPS) is 43.6. The number of ether oxygens (including phenoxy) is 1. The number of fused-ring (bicyclic) bond motifs is 5. The van der Waals surface area contributed by atoms with Gasteiger partial charge in [0.15, 0.2) is 0 Å². The topological polar surface area (TPSA) is 39.2 Å². The Morgan fingerprint density at radius 1 is 1.07 bits per heavy atom. The summed E-state index contributed by atoms with van der Waals surface area (Å²) in [6.45, 7) is 6.66. The van der Waals surface area contributed by atoms with Crippen molar-refractivity contribution in [1.82, 2.24) is 4.98 Å². The SMILES string of the molecule is CC(=O)O[C@H]1CC[C@@]2(C)C(=CC[C@H]3[C@@H]4CC[C@@H](c5ccncc5)[C@@]4(C)CC[C@@H]32)C1. The van der Waals surface area contributed by atoms with Gasteiger partial charge < -0.3 is 4.74 Å². The predicted molar refractivity (Wildman–Crippen MR) is 114 cm³/mol. The van der Waals surface area contributed by atoms with Crippen LogP contribution in [0, 0.1) is 28.6 Å². The molecule has 0 aliphatic heterocycles. The fourth-order valence-corrected chi connectivity index (χ4v) is 8.11. The summed E-state index contributed by atoms with van der Waals surface area (Å²) in [7, 11) is 0. The van der Waals surface area contributed by atoms with E-state index in [1.54, 1.807) is 12.5 Å². The van der Waals surface area contributed by atoms with Gasteiger partial charge in [-0.15, -0.1) is 0 Å². The van der Waals surface area contributed by atoms with Crippen molar-refractivity contribution in [2.24, 2.45) is 28.6 Å². The van der Waals surface area contributed by atoms with Crippen molar-refractivity contribution in [3.05, 3.63) is 41.7 Å². The van der Waals surface area contributed by atoms with Crippen molar-refractivity contribution in [1.29, 1.82) is 0 Å². The van der Waals surface area contributed by atoms with Crippen LogP contribution < -0.4 is 0 Å². The summed E-state index contributed by atoms with van der Waals surface area (Å²) in [5.41, 5.74) is 3.83. The molecule has 5 rings (SSSR count). The number of carbonyl (C=O) groups is 1. The van der Waals surface area contributed by atoms with E-state index in [4.69, 9.17) is 4.74 Å². The van der Waals surface area contributed by atoms with E-state index in [2.05, 4.69) is 37.0 Å². The Kier molecular flexibility index (Phi) is 4.64. The van der Waals surface area contributed by atoms with Crippen LogP contribution in [0.5, 0.6) is 0 Å². The van der Waals surface area contributed by atoms with Crippen LogP contribution in [0.25, 0.3) is 0 Å². The minimum Gasteiger partial charge on any atom is -0.462 e. The molecule has 156 valence electrons. The summed E-state index contributed by atoms with van der Waals surface area (Å²) >= 11 is 0. The van der Waals surface area contributed by atoms with E-state index in [1.807, 2.05) is 12.4 Å². The largest absolute Gasteiger partial charge is 0.462 e. The molecule has 1 aromatic rings. The first kappa shape index (κ1) is 19.3. The number of hydrogen-bond acceptors (Lipinski definition) is 3. The molecule has 7 atom stereocenters. The molecule has 3 saturated carbocycles. The van der Waals surface area contributed by atoms with E-state index in [1.165, 1.54) is 44.1 Å². The molecule has 0 amide bonds. The molecule has 3 fully saturated rings. The van der Waals surface area contributed by atoms with Gasteiger partial charge in [0.25, 0.3) is 0 Å². The maximum absolute atomic E-state index is 11.4. The van der Waals surface area contributed by atoms with Crippen molar-refractivity contribution in [3.63, 3.8) is 0 Å². The van der Waals surface area contributed by atoms with Crippen LogP contribution >= 0.6 is 0 Å². The van der Waals surface area contributed by atoms with Gasteiger partial charge >= 0.3 is 5.97 Å². The van der Waals surface area contributed by atoms with Gasteiger partial charge in [-0.3, -0.25) is 9.78 Å². The molecule has 1 heterocycles. The molecule has 0 saturated heterocycles. The van der Waals surface area contributed by atoms with E-state index in [-0.39, 0.29) is 12.1 Å². The molecule has 0 bridgehead atoms. The van der Waals surface area contributed by atoms with Gasteiger partial charge in [-0.05, 0) is 97.1 Å². The molecule has 0 spiro atoms. The minimum absolute atomic E-state index is 0.0970. The summed E-state index contributed by atoms with van der Waals surface area (Å²) < 4.78 is 5.58. The van der Waals surface area contributed by atoms with Gasteiger partial charge in [0.1, 0.15) is 6.10 Å². The lowest BCUT2D eigenvalue weighted by molar-refractivity contribution is -0.148. The Hall–Kier alpha value is -1.64. The predicted octanol–water partition coefficient (Wildman–Crippen LogP) is 6.06. The van der Waals surface area contributed by atoms with Crippen molar-refractivity contribution in [2.75, 3.05) is 0 Å². The lowest BCUT2D eigenvalue weighted by Crippen LogP contribution is -2.50. The Bertz CT molecular complexity index is 817. The van der Waals surface area contributed by atoms with Gasteiger partial charge in [0, 0.05) is 25.7 Å². The standard InChI is InChI=1S/C26H35NO2/c1-17(28)29-20-8-12-25(2)19(16-20)4-5-21-23-7-6-22(18-10-14-27-15-11-18)26(23,3)13-9-24(21)25/h4,10-11,14-15,20-24H,5-9,12-13,16H2,1-3H3/t20-,21-,22-,23-,24-,25-,26+/m0/s1. The smallest absolute Gasteiger partial charge is 0.302 e. The number of nitrogens with zero attached hydrogens (tertiary/aromatic N) is 1. The van der Waals surface area contributed by atoms with E-state index in [9.17, 15) is 4.79 Å². The number of pyridine rings is 1. The number of allylic oxidation sites excluding steroid dienone is 1. The minimum atomic E-state index is -0.130. The van der Waals surface area contributed by atoms with Crippen LogP contribution in [0.4, 0.5) is 0 Å². The summed E-state index contributed by atoms with van der Waals surface area (Å²) in [6, 6.07) is 4.50. The first-order valence-corrected chi connectivity index (χ1v) is 11.7. The third-order valence-corrected chi connectivity index (χ3v) is 9.50. The Morgan fingerprint density at radius 3 is 2.62 bits per heavy atom. The van der Waals surface area contributed by atoms with Gasteiger partial charge in [-0.25, -0.2) is 0 Å². The number of rotatable bonds is 2. The van der Waals surface area contributed by atoms with Gasteiger partial charge in [-0.1, -0.05) is 25.5 Å². The monoisotopic (exact) mass is 393 g/mol. The van der Waals surface area contributed by atoms with Gasteiger partial charge in [-0.2, -0.15) is 0 Å². The zero-order valence-corrected chi connectivity index (χ0v) is 18.2. The highest BCUT2D eigenvalue weighted by Crippen LogP contribution is 2.68. The lowest BCUT2D eigenvalue weighted by Gasteiger charge is -2.58. The van der Waals surface area contributed by atoms with E-state index < -0.39 is 0 Å². The molecule has 4 aliphatic carbocycles. The molecule has 3 heteroatoms. The maximum Gasteiger partial charge on any atom is 0.302 e. The van der Waals surface area contributed by atoms with Crippen LogP contribution in [0.15, 0.2) is 36.2 Å². The summed E-state index contributed by atoms with van der Waals surface area (Å²) in [5.74, 6) is 3.01. The fraction of sp³-hybridized carbons (Fsp3) is 0.692. The summed E-state index contributed by atoms with van der Waals surface area (Å²) in [4.78, 5) is 15.7.